The molecular weight excluding hydrogens is 402 g/mol. The molecule has 1 aliphatic heterocycles. The Morgan fingerprint density at radius 2 is 1.92 bits per heavy atom. The summed E-state index contributed by atoms with van der Waals surface area (Å²) in [6.07, 6.45) is 0.703. The topological polar surface area (TPSA) is 56.3 Å². The molecule has 0 bridgehead atoms. The lowest BCUT2D eigenvalue weighted by atomic mass is 9.82. The van der Waals surface area contributed by atoms with Crippen LogP contribution in [0.3, 0.4) is 0 Å². The number of halogens is 1. The third kappa shape index (κ3) is 3.20. The molecule has 1 fully saturated rings. The quantitative estimate of drug-likeness (QED) is 0.535. The molecule has 0 radical (unpaired) electrons. The second kappa shape index (κ2) is 6.50. The highest BCUT2D eigenvalue weighted by Gasteiger charge is 2.48. The Kier molecular flexibility index (Phi) is 4.68. The number of nitrogens with zero attached hydrogens (tertiary/aromatic N) is 1. The molecule has 4 nitrogen and oxygen atoms in total. The van der Waals surface area contributed by atoms with Crippen molar-refractivity contribution in [2.45, 2.75) is 38.7 Å². The van der Waals surface area contributed by atoms with Crippen LogP contribution in [0.4, 0.5) is 0 Å². The van der Waals surface area contributed by atoms with Crippen molar-refractivity contribution in [3.8, 4) is 10.6 Å². The zero-order chi connectivity index (χ0) is 18.4. The monoisotopic (exact) mass is 419 g/mol. The maximum absolute atomic E-state index is 12.8. The van der Waals surface area contributed by atoms with Crippen LogP contribution in [0.25, 0.3) is 10.6 Å². The molecule has 2 heterocycles. The lowest BCUT2D eigenvalue weighted by molar-refractivity contribution is -0.150. The van der Waals surface area contributed by atoms with Crippen LogP contribution in [0, 0.1) is 0 Å². The number of hydrogen-bond donors (Lipinski definition) is 0. The number of allylic oxidation sites excluding steroid dienone is 1. The molecule has 0 amide bonds. The second-order valence-corrected chi connectivity index (χ2v) is 8.38. The standard InChI is InChI=1S/C19H18BrNO3S/c1-5-13-15(14-16(22)10(2)24-19(3,4)17(14)23)21-18(25-13)11-6-8-12(20)9-7-11/h6-9,14H,2,5H2,1,3-4H3. The number of benzene rings is 1. The molecule has 1 saturated heterocycles. The molecule has 3 rings (SSSR count). The second-order valence-electron chi connectivity index (χ2n) is 6.38. The first kappa shape index (κ1) is 18.0. The molecule has 1 aromatic carbocycles. The van der Waals surface area contributed by atoms with E-state index in [9.17, 15) is 9.59 Å². The highest BCUT2D eigenvalue weighted by Crippen LogP contribution is 2.39. The summed E-state index contributed by atoms with van der Waals surface area (Å²) < 4.78 is 6.39. The minimum Gasteiger partial charge on any atom is -0.477 e. The van der Waals surface area contributed by atoms with Crippen molar-refractivity contribution in [1.82, 2.24) is 4.98 Å². The summed E-state index contributed by atoms with van der Waals surface area (Å²) in [5.41, 5.74) is 0.416. The van der Waals surface area contributed by atoms with Gasteiger partial charge in [-0.25, -0.2) is 4.98 Å². The fourth-order valence-electron chi connectivity index (χ4n) is 2.84. The largest absolute Gasteiger partial charge is 0.477 e. The number of ether oxygens (including phenoxy) is 1. The number of carbonyl (C=O) groups excluding carboxylic acids is 2. The van der Waals surface area contributed by atoms with Gasteiger partial charge in [0.25, 0.3) is 0 Å². The highest BCUT2D eigenvalue weighted by molar-refractivity contribution is 9.10. The molecule has 0 aliphatic carbocycles. The Labute approximate surface area is 159 Å². The summed E-state index contributed by atoms with van der Waals surface area (Å²) in [5.74, 6) is -1.58. The SMILES string of the molecule is C=C1OC(C)(C)C(=O)C(c2nc(-c3ccc(Br)cc3)sc2CC)C1=O. The summed E-state index contributed by atoms with van der Waals surface area (Å²) in [4.78, 5) is 31.0. The van der Waals surface area contributed by atoms with Crippen molar-refractivity contribution in [2.24, 2.45) is 0 Å². The van der Waals surface area contributed by atoms with E-state index in [4.69, 9.17) is 4.74 Å². The maximum atomic E-state index is 12.8. The van der Waals surface area contributed by atoms with E-state index in [1.54, 1.807) is 13.8 Å². The minimum atomic E-state index is -1.08. The van der Waals surface area contributed by atoms with Gasteiger partial charge in [-0.15, -0.1) is 11.3 Å². The summed E-state index contributed by atoms with van der Waals surface area (Å²) >= 11 is 4.94. The Morgan fingerprint density at radius 3 is 2.52 bits per heavy atom. The number of rotatable bonds is 3. The van der Waals surface area contributed by atoms with Crippen LogP contribution in [0.2, 0.25) is 0 Å². The molecule has 0 N–H and O–H groups in total. The van der Waals surface area contributed by atoms with Gasteiger partial charge >= 0.3 is 0 Å². The van der Waals surface area contributed by atoms with Crippen LogP contribution in [-0.4, -0.2) is 22.2 Å². The van der Waals surface area contributed by atoms with E-state index < -0.39 is 17.3 Å². The summed E-state index contributed by atoms with van der Waals surface area (Å²) in [5, 5.41) is 0.801. The number of aryl methyl sites for hydroxylation is 1. The minimum absolute atomic E-state index is 0.0230. The molecule has 1 aliphatic rings. The predicted molar refractivity (Wildman–Crippen MR) is 102 cm³/mol. The van der Waals surface area contributed by atoms with Gasteiger partial charge < -0.3 is 4.74 Å². The van der Waals surface area contributed by atoms with E-state index in [2.05, 4.69) is 27.5 Å². The smallest absolute Gasteiger partial charge is 0.213 e. The van der Waals surface area contributed by atoms with Gasteiger partial charge in [0.2, 0.25) is 5.78 Å². The summed E-state index contributed by atoms with van der Waals surface area (Å²) in [6.45, 7) is 8.99. The zero-order valence-corrected chi connectivity index (χ0v) is 16.7. The summed E-state index contributed by atoms with van der Waals surface area (Å²) in [7, 11) is 0. The van der Waals surface area contributed by atoms with Gasteiger partial charge in [0, 0.05) is 14.9 Å². The molecule has 1 unspecified atom stereocenters. The van der Waals surface area contributed by atoms with Gasteiger partial charge in [0.05, 0.1) is 5.69 Å². The Morgan fingerprint density at radius 1 is 1.28 bits per heavy atom. The van der Waals surface area contributed by atoms with E-state index in [0.29, 0.717) is 12.1 Å². The van der Waals surface area contributed by atoms with Crippen molar-refractivity contribution in [1.29, 1.82) is 0 Å². The van der Waals surface area contributed by atoms with E-state index in [1.807, 2.05) is 31.2 Å². The zero-order valence-electron chi connectivity index (χ0n) is 14.3. The molecule has 0 saturated carbocycles. The van der Waals surface area contributed by atoms with Gasteiger partial charge in [-0.05, 0) is 32.4 Å². The molecule has 2 aromatic rings. The number of ketones is 2. The van der Waals surface area contributed by atoms with Crippen molar-refractivity contribution in [2.75, 3.05) is 0 Å². The van der Waals surface area contributed by atoms with Crippen LogP contribution < -0.4 is 0 Å². The predicted octanol–water partition coefficient (Wildman–Crippen LogP) is 4.68. The summed E-state index contributed by atoms with van der Waals surface area (Å²) in [6, 6.07) is 7.81. The third-order valence-corrected chi connectivity index (χ3v) is 5.98. The van der Waals surface area contributed by atoms with E-state index in [0.717, 1.165) is 19.9 Å². The first-order chi connectivity index (χ1) is 11.7. The highest BCUT2D eigenvalue weighted by atomic mass is 79.9. The van der Waals surface area contributed by atoms with Crippen molar-refractivity contribution < 1.29 is 14.3 Å². The molecule has 1 aromatic heterocycles. The van der Waals surface area contributed by atoms with Crippen molar-refractivity contribution >= 4 is 38.8 Å². The van der Waals surface area contributed by atoms with Gasteiger partial charge in [0.1, 0.15) is 10.9 Å². The Bertz CT molecular complexity index is 867. The average molecular weight is 420 g/mol. The van der Waals surface area contributed by atoms with Gasteiger partial charge in [-0.3, -0.25) is 9.59 Å². The third-order valence-electron chi connectivity index (χ3n) is 4.18. The van der Waals surface area contributed by atoms with Crippen LogP contribution in [0.1, 0.15) is 37.3 Å². The Hall–Kier alpha value is -1.79. The molecule has 6 heteroatoms. The van der Waals surface area contributed by atoms with Gasteiger partial charge in [-0.2, -0.15) is 0 Å². The lowest BCUT2D eigenvalue weighted by Gasteiger charge is -2.34. The van der Waals surface area contributed by atoms with Crippen LogP contribution in [0.5, 0.6) is 0 Å². The number of thiazole rings is 1. The fourth-order valence-corrected chi connectivity index (χ4v) is 4.15. The Balaban J connectivity index is 2.09. The molecule has 0 spiro atoms. The maximum Gasteiger partial charge on any atom is 0.213 e. The van der Waals surface area contributed by atoms with E-state index in [-0.39, 0.29) is 11.5 Å². The number of aromatic nitrogens is 1. The first-order valence-corrected chi connectivity index (χ1v) is 9.57. The molecule has 130 valence electrons. The molecular formula is C19H18BrNO3S. The molecule has 1 atom stereocenters. The van der Waals surface area contributed by atoms with Crippen molar-refractivity contribution in [3.63, 3.8) is 0 Å². The number of hydrogen-bond acceptors (Lipinski definition) is 5. The van der Waals surface area contributed by atoms with Gasteiger partial charge in [0.15, 0.2) is 17.1 Å². The van der Waals surface area contributed by atoms with Crippen LogP contribution >= 0.6 is 27.3 Å². The first-order valence-electron chi connectivity index (χ1n) is 7.96. The van der Waals surface area contributed by atoms with Crippen LogP contribution in [-0.2, 0) is 20.7 Å². The van der Waals surface area contributed by atoms with Gasteiger partial charge in [-0.1, -0.05) is 41.6 Å². The number of carbonyl (C=O) groups is 2. The van der Waals surface area contributed by atoms with E-state index in [1.165, 1.54) is 11.3 Å². The normalized spacial score (nSPS) is 19.8. The molecule has 25 heavy (non-hydrogen) atoms. The lowest BCUT2D eigenvalue weighted by Crippen LogP contribution is -2.47. The van der Waals surface area contributed by atoms with Crippen LogP contribution in [0.15, 0.2) is 41.1 Å². The van der Waals surface area contributed by atoms with E-state index >= 15 is 0 Å². The fraction of sp³-hybridized carbons (Fsp3) is 0.316. The average Bonchev–Trinajstić information content (AvgIpc) is 2.98. The van der Waals surface area contributed by atoms with Crippen molar-refractivity contribution in [3.05, 3.63) is 51.6 Å². The number of Topliss-reactive ketones (excluding diaryl/α,β-unsaturated/α-hetero) is 2.